The van der Waals surface area contributed by atoms with Gasteiger partial charge in [0.15, 0.2) is 0 Å². The van der Waals surface area contributed by atoms with Crippen LogP contribution < -0.4 is 5.32 Å². The first-order valence-corrected chi connectivity index (χ1v) is 6.02. The van der Waals surface area contributed by atoms with Crippen molar-refractivity contribution < 1.29 is 9.53 Å². The summed E-state index contributed by atoms with van der Waals surface area (Å²) in [6.07, 6.45) is 4.40. The molecule has 1 aliphatic carbocycles. The molecule has 2 atom stereocenters. The summed E-state index contributed by atoms with van der Waals surface area (Å²) in [5.41, 5.74) is 0. The normalized spacial score (nSPS) is 26.4. The number of amides is 1. The lowest BCUT2D eigenvalue weighted by Gasteiger charge is -2.26. The van der Waals surface area contributed by atoms with E-state index in [2.05, 4.69) is 26.1 Å². The van der Waals surface area contributed by atoms with E-state index in [1.807, 2.05) is 0 Å². The molecule has 0 bridgehead atoms. The Bertz CT molecular complexity index is 204. The second kappa shape index (κ2) is 5.99. The third-order valence-corrected chi connectivity index (χ3v) is 2.82. The molecule has 3 nitrogen and oxygen atoms in total. The molecule has 0 aromatic rings. The molecule has 2 unspecified atom stereocenters. The van der Waals surface area contributed by atoms with E-state index in [1.165, 1.54) is 12.8 Å². The van der Waals surface area contributed by atoms with Crippen molar-refractivity contribution in [1.29, 1.82) is 0 Å². The largest absolute Gasteiger partial charge is 0.446 e. The average Bonchev–Trinajstić information content (AvgIpc) is 2.15. The van der Waals surface area contributed by atoms with Gasteiger partial charge >= 0.3 is 6.09 Å². The fourth-order valence-electron chi connectivity index (χ4n) is 1.97. The third kappa shape index (κ3) is 5.05. The molecule has 88 valence electrons. The van der Waals surface area contributed by atoms with Crippen LogP contribution in [-0.2, 0) is 4.74 Å². The number of alkyl carbamates (subject to hydrolysis) is 1. The molecule has 1 aliphatic rings. The van der Waals surface area contributed by atoms with E-state index in [0.717, 1.165) is 12.8 Å². The van der Waals surface area contributed by atoms with Crippen LogP contribution in [0.4, 0.5) is 4.79 Å². The Balaban J connectivity index is 2.19. The van der Waals surface area contributed by atoms with Crippen molar-refractivity contribution in [3.63, 3.8) is 0 Å². The van der Waals surface area contributed by atoms with Crippen LogP contribution in [0.1, 0.15) is 46.5 Å². The van der Waals surface area contributed by atoms with E-state index < -0.39 is 0 Å². The third-order valence-electron chi connectivity index (χ3n) is 2.82. The smallest absolute Gasteiger partial charge is 0.407 e. The lowest BCUT2D eigenvalue weighted by Crippen LogP contribution is -2.33. The number of carbonyl (C=O) groups is 1. The number of nitrogens with one attached hydrogen (secondary N) is 1. The zero-order valence-electron chi connectivity index (χ0n) is 10.1. The molecule has 0 aromatic carbocycles. The average molecular weight is 213 g/mol. The van der Waals surface area contributed by atoms with Gasteiger partial charge in [0.2, 0.25) is 0 Å². The monoisotopic (exact) mass is 213 g/mol. The molecule has 0 saturated heterocycles. The van der Waals surface area contributed by atoms with Crippen LogP contribution in [0.15, 0.2) is 0 Å². The summed E-state index contributed by atoms with van der Waals surface area (Å²) in [5.74, 6) is 1.17. The maximum absolute atomic E-state index is 11.4. The van der Waals surface area contributed by atoms with Crippen LogP contribution in [0.3, 0.4) is 0 Å². The van der Waals surface area contributed by atoms with Gasteiger partial charge in [-0.3, -0.25) is 0 Å². The topological polar surface area (TPSA) is 38.3 Å². The molecule has 0 radical (unpaired) electrons. The summed E-state index contributed by atoms with van der Waals surface area (Å²) in [6, 6.07) is 0. The highest BCUT2D eigenvalue weighted by molar-refractivity contribution is 5.67. The lowest BCUT2D eigenvalue weighted by molar-refractivity contribution is 0.0619. The minimum atomic E-state index is -0.247. The molecule has 0 aliphatic heterocycles. The Labute approximate surface area is 92.6 Å². The first kappa shape index (κ1) is 12.3. The van der Waals surface area contributed by atoms with E-state index in [9.17, 15) is 4.79 Å². The van der Waals surface area contributed by atoms with Crippen molar-refractivity contribution in [2.75, 3.05) is 6.54 Å². The van der Waals surface area contributed by atoms with E-state index in [-0.39, 0.29) is 12.2 Å². The number of hydrogen-bond donors (Lipinski definition) is 1. The molecule has 1 rings (SSSR count). The highest BCUT2D eigenvalue weighted by Gasteiger charge is 2.21. The minimum Gasteiger partial charge on any atom is -0.446 e. The van der Waals surface area contributed by atoms with E-state index in [1.54, 1.807) is 0 Å². The van der Waals surface area contributed by atoms with Crippen LogP contribution in [0.2, 0.25) is 0 Å². The summed E-state index contributed by atoms with van der Waals surface area (Å²) in [4.78, 5) is 11.4. The van der Waals surface area contributed by atoms with Gasteiger partial charge in [0.1, 0.15) is 6.10 Å². The molecular weight excluding hydrogens is 190 g/mol. The first-order chi connectivity index (χ1) is 7.08. The first-order valence-electron chi connectivity index (χ1n) is 6.02. The summed E-state index contributed by atoms with van der Waals surface area (Å²) < 4.78 is 5.36. The van der Waals surface area contributed by atoms with Crippen molar-refractivity contribution >= 4 is 6.09 Å². The van der Waals surface area contributed by atoms with E-state index in [4.69, 9.17) is 4.74 Å². The lowest BCUT2D eigenvalue weighted by atomic mass is 9.89. The molecular formula is C12H23NO2. The van der Waals surface area contributed by atoms with Crippen molar-refractivity contribution in [1.82, 2.24) is 5.32 Å². The molecule has 0 spiro atoms. The standard InChI is InChI=1S/C12H23NO2/c1-9(2)8-13-12(14)15-11-6-4-5-10(3)7-11/h9-11H,4-8H2,1-3H3,(H,13,14). The van der Waals surface area contributed by atoms with Crippen LogP contribution in [0.5, 0.6) is 0 Å². The zero-order chi connectivity index (χ0) is 11.3. The summed E-state index contributed by atoms with van der Waals surface area (Å²) in [5, 5.41) is 2.78. The summed E-state index contributed by atoms with van der Waals surface area (Å²) in [7, 11) is 0. The van der Waals surface area contributed by atoms with Crippen molar-refractivity contribution in [3.8, 4) is 0 Å². The number of carbonyl (C=O) groups excluding carboxylic acids is 1. The molecule has 1 saturated carbocycles. The fourth-order valence-corrected chi connectivity index (χ4v) is 1.97. The highest BCUT2D eigenvalue weighted by atomic mass is 16.6. The molecule has 15 heavy (non-hydrogen) atoms. The van der Waals surface area contributed by atoms with Gasteiger partial charge in [0, 0.05) is 6.54 Å². The second-order valence-corrected chi connectivity index (χ2v) is 5.07. The van der Waals surface area contributed by atoms with Gasteiger partial charge in [-0.2, -0.15) is 0 Å². The molecule has 1 N–H and O–H groups in total. The van der Waals surface area contributed by atoms with Gasteiger partial charge in [-0.25, -0.2) is 4.79 Å². The predicted octanol–water partition coefficient (Wildman–Crippen LogP) is 2.95. The van der Waals surface area contributed by atoms with Gasteiger partial charge in [-0.05, 0) is 31.1 Å². The molecule has 0 heterocycles. The molecule has 1 fully saturated rings. The Morgan fingerprint density at radius 1 is 1.47 bits per heavy atom. The fraction of sp³-hybridized carbons (Fsp3) is 0.917. The predicted molar refractivity (Wildman–Crippen MR) is 60.7 cm³/mol. The maximum atomic E-state index is 11.4. The minimum absolute atomic E-state index is 0.140. The SMILES string of the molecule is CC(C)CNC(=O)OC1CCCC(C)C1. The Morgan fingerprint density at radius 2 is 2.20 bits per heavy atom. The van der Waals surface area contributed by atoms with Gasteiger partial charge in [0.25, 0.3) is 0 Å². The van der Waals surface area contributed by atoms with Crippen LogP contribution >= 0.6 is 0 Å². The number of ether oxygens (including phenoxy) is 1. The maximum Gasteiger partial charge on any atom is 0.407 e. The van der Waals surface area contributed by atoms with E-state index >= 15 is 0 Å². The van der Waals surface area contributed by atoms with Gasteiger partial charge in [-0.1, -0.05) is 27.2 Å². The van der Waals surface area contributed by atoms with Crippen molar-refractivity contribution in [2.24, 2.45) is 11.8 Å². The van der Waals surface area contributed by atoms with Crippen LogP contribution in [-0.4, -0.2) is 18.7 Å². The van der Waals surface area contributed by atoms with Crippen LogP contribution in [0, 0.1) is 11.8 Å². The van der Waals surface area contributed by atoms with Gasteiger partial charge in [0.05, 0.1) is 0 Å². The molecule has 3 heteroatoms. The Kier molecular flexibility index (Phi) is 4.92. The number of rotatable bonds is 3. The van der Waals surface area contributed by atoms with Gasteiger partial charge in [-0.15, -0.1) is 0 Å². The molecule has 1 amide bonds. The van der Waals surface area contributed by atoms with Crippen molar-refractivity contribution in [2.45, 2.75) is 52.6 Å². The zero-order valence-corrected chi connectivity index (χ0v) is 10.1. The highest BCUT2D eigenvalue weighted by Crippen LogP contribution is 2.25. The quantitative estimate of drug-likeness (QED) is 0.782. The second-order valence-electron chi connectivity index (χ2n) is 5.07. The Morgan fingerprint density at radius 3 is 2.80 bits per heavy atom. The summed E-state index contributed by atoms with van der Waals surface area (Å²) >= 11 is 0. The number of hydrogen-bond acceptors (Lipinski definition) is 2. The summed E-state index contributed by atoms with van der Waals surface area (Å²) in [6.45, 7) is 7.06. The van der Waals surface area contributed by atoms with E-state index in [0.29, 0.717) is 18.4 Å². The molecule has 0 aromatic heterocycles. The van der Waals surface area contributed by atoms with Crippen LogP contribution in [0.25, 0.3) is 0 Å². The van der Waals surface area contributed by atoms with Gasteiger partial charge < -0.3 is 10.1 Å². The van der Waals surface area contributed by atoms with Crippen molar-refractivity contribution in [3.05, 3.63) is 0 Å². The Hall–Kier alpha value is -0.730.